The summed E-state index contributed by atoms with van der Waals surface area (Å²) in [5.41, 5.74) is 5.24. The molecule has 0 N–H and O–H groups in total. The van der Waals surface area contributed by atoms with Gasteiger partial charge in [0.05, 0.1) is 0 Å². The summed E-state index contributed by atoms with van der Waals surface area (Å²) in [4.78, 5) is 0. The number of hydrogen-bond donors (Lipinski definition) is 0. The fraction of sp³-hybridized carbons (Fsp3) is 0.391. The number of aryl methyl sites for hydroxylation is 2. The first-order chi connectivity index (χ1) is 10.7. The van der Waals surface area contributed by atoms with Crippen LogP contribution in [0.3, 0.4) is 0 Å². The third-order valence-corrected chi connectivity index (χ3v) is 5.56. The predicted molar refractivity (Wildman–Crippen MR) is 105 cm³/mol. The standard InChI is InChI=1S/C16H16.C7H14/c1-4-5-8-14-10-11-15-9-6-7-12(2)16(15)13(14)3;1-6(2)5-7(6,3)4/h4-11H,1H2,2-3H3;5H2,1-4H3/b8-5-;. The summed E-state index contributed by atoms with van der Waals surface area (Å²) in [5, 5.41) is 2.68. The van der Waals surface area contributed by atoms with E-state index in [1.54, 1.807) is 0 Å². The largest absolute Gasteiger partial charge is 0.0991 e. The molecule has 3 rings (SSSR count). The van der Waals surface area contributed by atoms with Crippen LogP contribution in [0.4, 0.5) is 0 Å². The summed E-state index contributed by atoms with van der Waals surface area (Å²) in [7, 11) is 0. The van der Waals surface area contributed by atoms with Crippen molar-refractivity contribution in [1.82, 2.24) is 0 Å². The van der Waals surface area contributed by atoms with E-state index >= 15 is 0 Å². The van der Waals surface area contributed by atoms with E-state index in [1.807, 2.05) is 12.2 Å². The van der Waals surface area contributed by atoms with Gasteiger partial charge in [-0.3, -0.25) is 0 Å². The van der Waals surface area contributed by atoms with Crippen molar-refractivity contribution in [2.24, 2.45) is 10.8 Å². The topological polar surface area (TPSA) is 0 Å². The van der Waals surface area contributed by atoms with Gasteiger partial charge >= 0.3 is 0 Å². The van der Waals surface area contributed by atoms with E-state index in [-0.39, 0.29) is 0 Å². The summed E-state index contributed by atoms with van der Waals surface area (Å²) in [5.74, 6) is 0. The lowest BCUT2D eigenvalue weighted by Gasteiger charge is -2.08. The van der Waals surface area contributed by atoms with Crippen LogP contribution in [0.1, 0.15) is 50.8 Å². The molecule has 0 aromatic heterocycles. The SMILES string of the molecule is C=C/C=C\c1ccc2cccc(C)c2c1C.CC1(C)CC1(C)C. The molecule has 122 valence electrons. The smallest absolute Gasteiger partial charge is 0.0119 e. The van der Waals surface area contributed by atoms with Crippen molar-refractivity contribution in [2.75, 3.05) is 0 Å². The van der Waals surface area contributed by atoms with Crippen LogP contribution in [-0.4, -0.2) is 0 Å². The Hall–Kier alpha value is -1.82. The van der Waals surface area contributed by atoms with Gasteiger partial charge in [0.2, 0.25) is 0 Å². The molecule has 1 fully saturated rings. The molecular weight excluding hydrogens is 276 g/mol. The molecule has 0 saturated heterocycles. The van der Waals surface area contributed by atoms with E-state index in [0.717, 1.165) is 0 Å². The summed E-state index contributed by atoms with van der Waals surface area (Å²) < 4.78 is 0. The van der Waals surface area contributed by atoms with Gasteiger partial charge in [0.1, 0.15) is 0 Å². The van der Waals surface area contributed by atoms with Gasteiger partial charge in [-0.2, -0.15) is 0 Å². The maximum atomic E-state index is 3.70. The van der Waals surface area contributed by atoms with Crippen LogP contribution < -0.4 is 0 Å². The third kappa shape index (κ3) is 3.75. The van der Waals surface area contributed by atoms with Crippen molar-refractivity contribution in [2.45, 2.75) is 48.0 Å². The Kier molecular flexibility index (Phi) is 4.84. The molecule has 0 radical (unpaired) electrons. The van der Waals surface area contributed by atoms with E-state index in [4.69, 9.17) is 0 Å². The minimum atomic E-state index is 0.646. The number of benzene rings is 2. The molecule has 1 saturated carbocycles. The Bertz CT molecular complexity index is 730. The first-order valence-corrected chi connectivity index (χ1v) is 8.48. The molecule has 1 aliphatic rings. The maximum Gasteiger partial charge on any atom is -0.0119 e. The highest BCUT2D eigenvalue weighted by Gasteiger charge is 2.53. The summed E-state index contributed by atoms with van der Waals surface area (Å²) in [6.07, 6.45) is 7.29. The number of allylic oxidation sites excluding steroid dienone is 2. The minimum absolute atomic E-state index is 0.646. The van der Waals surface area contributed by atoms with E-state index in [1.165, 1.54) is 33.9 Å². The van der Waals surface area contributed by atoms with Crippen LogP contribution in [0.15, 0.2) is 49.1 Å². The average Bonchev–Trinajstić information content (AvgIpc) is 2.94. The Morgan fingerprint density at radius 1 is 0.957 bits per heavy atom. The maximum absolute atomic E-state index is 3.70. The number of fused-ring (bicyclic) bond motifs is 1. The van der Waals surface area contributed by atoms with Gasteiger partial charge in [-0.15, -0.1) is 0 Å². The van der Waals surface area contributed by atoms with Gasteiger partial charge in [0.25, 0.3) is 0 Å². The van der Waals surface area contributed by atoms with Gasteiger partial charge in [0.15, 0.2) is 0 Å². The minimum Gasteiger partial charge on any atom is -0.0991 e. The molecule has 0 heterocycles. The highest BCUT2D eigenvalue weighted by molar-refractivity contribution is 5.91. The van der Waals surface area contributed by atoms with Crippen LogP contribution in [0, 0.1) is 24.7 Å². The second kappa shape index (κ2) is 6.35. The molecule has 0 aliphatic heterocycles. The number of rotatable bonds is 2. The predicted octanol–water partition coefficient (Wildman–Crippen LogP) is 7.10. The van der Waals surface area contributed by atoms with Gasteiger partial charge in [0, 0.05) is 0 Å². The zero-order valence-corrected chi connectivity index (χ0v) is 15.5. The molecule has 2 aromatic rings. The lowest BCUT2D eigenvalue weighted by Crippen LogP contribution is -1.95. The molecule has 0 atom stereocenters. The second-order valence-corrected chi connectivity index (χ2v) is 7.99. The van der Waals surface area contributed by atoms with Crippen LogP contribution in [0.5, 0.6) is 0 Å². The second-order valence-electron chi connectivity index (χ2n) is 7.99. The molecule has 0 unspecified atom stereocenters. The van der Waals surface area contributed by atoms with Gasteiger partial charge < -0.3 is 0 Å². The lowest BCUT2D eigenvalue weighted by atomic mass is 9.96. The molecule has 0 amide bonds. The first-order valence-electron chi connectivity index (χ1n) is 8.48. The van der Waals surface area contributed by atoms with E-state index in [0.29, 0.717) is 10.8 Å². The van der Waals surface area contributed by atoms with E-state index < -0.39 is 0 Å². The van der Waals surface area contributed by atoms with Crippen LogP contribution in [0.25, 0.3) is 16.8 Å². The molecule has 23 heavy (non-hydrogen) atoms. The Balaban J connectivity index is 0.000000229. The molecule has 0 spiro atoms. The molecule has 0 heteroatoms. The van der Waals surface area contributed by atoms with Crippen molar-refractivity contribution in [3.63, 3.8) is 0 Å². The lowest BCUT2D eigenvalue weighted by molar-refractivity contribution is 0.457. The Morgan fingerprint density at radius 3 is 2.09 bits per heavy atom. The molecule has 0 bridgehead atoms. The average molecular weight is 306 g/mol. The quantitative estimate of drug-likeness (QED) is 0.519. The molecule has 2 aromatic carbocycles. The summed E-state index contributed by atoms with van der Waals surface area (Å²) in [6, 6.07) is 10.8. The van der Waals surface area contributed by atoms with Crippen LogP contribution in [-0.2, 0) is 0 Å². The van der Waals surface area contributed by atoms with Crippen LogP contribution >= 0.6 is 0 Å². The van der Waals surface area contributed by atoms with E-state index in [2.05, 4.69) is 84.5 Å². The van der Waals surface area contributed by atoms with Crippen molar-refractivity contribution < 1.29 is 0 Å². The van der Waals surface area contributed by atoms with Crippen molar-refractivity contribution in [3.8, 4) is 0 Å². The summed E-state index contributed by atoms with van der Waals surface area (Å²) >= 11 is 0. The third-order valence-electron chi connectivity index (χ3n) is 5.56. The van der Waals surface area contributed by atoms with E-state index in [9.17, 15) is 0 Å². The Labute approximate surface area is 141 Å². The van der Waals surface area contributed by atoms with Crippen molar-refractivity contribution in [3.05, 3.63) is 65.8 Å². The highest BCUT2D eigenvalue weighted by Crippen LogP contribution is 2.62. The first kappa shape index (κ1) is 17.5. The van der Waals surface area contributed by atoms with Gasteiger partial charge in [-0.25, -0.2) is 0 Å². The molecule has 1 aliphatic carbocycles. The fourth-order valence-electron chi connectivity index (χ4n) is 3.20. The summed E-state index contributed by atoms with van der Waals surface area (Å²) in [6.45, 7) is 17.3. The van der Waals surface area contributed by atoms with Gasteiger partial charge in [-0.05, 0) is 58.6 Å². The van der Waals surface area contributed by atoms with Crippen molar-refractivity contribution >= 4 is 16.8 Å². The molecule has 0 nitrogen and oxygen atoms in total. The van der Waals surface area contributed by atoms with Gasteiger partial charge in [-0.1, -0.05) is 82.8 Å². The van der Waals surface area contributed by atoms with Crippen molar-refractivity contribution in [1.29, 1.82) is 0 Å². The normalized spacial score (nSPS) is 17.7. The zero-order chi connectivity index (χ0) is 17.3. The highest BCUT2D eigenvalue weighted by atomic mass is 14.6. The zero-order valence-electron chi connectivity index (χ0n) is 15.5. The van der Waals surface area contributed by atoms with Crippen LogP contribution in [0.2, 0.25) is 0 Å². The fourth-order valence-corrected chi connectivity index (χ4v) is 3.20. The molecular formula is C23H30. The monoisotopic (exact) mass is 306 g/mol. The number of hydrogen-bond acceptors (Lipinski definition) is 0. The Morgan fingerprint density at radius 2 is 1.57 bits per heavy atom.